The lowest BCUT2D eigenvalue weighted by Gasteiger charge is -1.99. The average Bonchev–Trinajstić information content (AvgIpc) is 2.77. The summed E-state index contributed by atoms with van der Waals surface area (Å²) in [5.41, 5.74) is 1.04. The average molecular weight is 224 g/mol. The highest BCUT2D eigenvalue weighted by Crippen LogP contribution is 2.44. The third kappa shape index (κ3) is 1.34. The summed E-state index contributed by atoms with van der Waals surface area (Å²) in [5.74, 6) is 0.672. The van der Waals surface area contributed by atoms with Crippen molar-refractivity contribution in [3.05, 3.63) is 17.7 Å². The Morgan fingerprint density at radius 2 is 2.13 bits per heavy atom. The molecule has 78 valence electrons. The van der Waals surface area contributed by atoms with Crippen LogP contribution in [0.4, 0.5) is 0 Å². The van der Waals surface area contributed by atoms with Gasteiger partial charge in [0.1, 0.15) is 5.25 Å². The van der Waals surface area contributed by atoms with E-state index in [1.165, 1.54) is 11.8 Å². The number of ether oxygens (including phenoxy) is 2. The lowest BCUT2D eigenvalue weighted by molar-refractivity contribution is -0.136. The molecule has 0 aliphatic carbocycles. The van der Waals surface area contributed by atoms with Crippen LogP contribution in [0.3, 0.4) is 0 Å². The predicted molar refractivity (Wildman–Crippen MR) is 53.5 cm³/mol. The van der Waals surface area contributed by atoms with Gasteiger partial charge in [0.2, 0.25) is 6.79 Å². The summed E-state index contributed by atoms with van der Waals surface area (Å²) < 4.78 is 10.5. The maximum Gasteiger partial charge on any atom is 0.317 e. The van der Waals surface area contributed by atoms with Crippen LogP contribution in [0, 0.1) is 0 Å². The summed E-state index contributed by atoms with van der Waals surface area (Å²) >= 11 is 1.38. The Bertz CT molecular complexity index is 410. The molecule has 0 amide bonds. The second-order valence-electron chi connectivity index (χ2n) is 3.46. The Balaban J connectivity index is 1.98. The van der Waals surface area contributed by atoms with E-state index >= 15 is 0 Å². The predicted octanol–water partition coefficient (Wildman–Crippen LogP) is 1.52. The maximum atomic E-state index is 10.8. The van der Waals surface area contributed by atoms with E-state index in [2.05, 4.69) is 0 Å². The number of thioether (sulfide) groups is 1. The molecule has 0 fully saturated rings. The summed E-state index contributed by atoms with van der Waals surface area (Å²) in [4.78, 5) is 11.8. The molecule has 0 radical (unpaired) electrons. The second kappa shape index (κ2) is 3.06. The van der Waals surface area contributed by atoms with Crippen LogP contribution in [0.5, 0.6) is 11.5 Å². The van der Waals surface area contributed by atoms with Crippen molar-refractivity contribution < 1.29 is 19.4 Å². The summed E-state index contributed by atoms with van der Waals surface area (Å²) in [6, 6.07) is 3.75. The second-order valence-corrected chi connectivity index (χ2v) is 4.71. The number of aliphatic carboxylic acids is 1. The highest BCUT2D eigenvalue weighted by Gasteiger charge is 2.30. The Kier molecular flexibility index (Phi) is 1.82. The molecule has 3 rings (SSSR count). The van der Waals surface area contributed by atoms with Crippen LogP contribution in [0.2, 0.25) is 0 Å². The number of benzene rings is 1. The number of rotatable bonds is 1. The van der Waals surface area contributed by atoms with Crippen LogP contribution >= 0.6 is 11.8 Å². The highest BCUT2D eigenvalue weighted by molar-refractivity contribution is 8.01. The lowest BCUT2D eigenvalue weighted by Crippen LogP contribution is -2.14. The number of carbonyl (C=O) groups is 1. The van der Waals surface area contributed by atoms with Gasteiger partial charge in [-0.2, -0.15) is 0 Å². The van der Waals surface area contributed by atoms with Gasteiger partial charge in [0.25, 0.3) is 0 Å². The van der Waals surface area contributed by atoms with Crippen molar-refractivity contribution in [2.75, 3.05) is 6.79 Å². The van der Waals surface area contributed by atoms with Gasteiger partial charge in [0.05, 0.1) is 0 Å². The fourth-order valence-electron chi connectivity index (χ4n) is 1.77. The molecule has 0 aromatic heterocycles. The van der Waals surface area contributed by atoms with E-state index in [-0.39, 0.29) is 12.0 Å². The van der Waals surface area contributed by atoms with Crippen molar-refractivity contribution in [1.29, 1.82) is 0 Å². The topological polar surface area (TPSA) is 55.8 Å². The summed E-state index contributed by atoms with van der Waals surface area (Å²) in [5, 5.41) is 8.54. The Labute approximate surface area is 90.2 Å². The number of hydrogen-bond acceptors (Lipinski definition) is 4. The molecule has 15 heavy (non-hydrogen) atoms. The quantitative estimate of drug-likeness (QED) is 0.783. The van der Waals surface area contributed by atoms with Gasteiger partial charge >= 0.3 is 5.97 Å². The maximum absolute atomic E-state index is 10.8. The molecule has 5 heteroatoms. The fourth-order valence-corrected chi connectivity index (χ4v) is 2.91. The molecule has 0 bridgehead atoms. The summed E-state index contributed by atoms with van der Waals surface area (Å²) in [7, 11) is 0. The van der Waals surface area contributed by atoms with E-state index in [1.807, 2.05) is 12.1 Å². The summed E-state index contributed by atoms with van der Waals surface area (Å²) in [6.07, 6.45) is 0.561. The minimum absolute atomic E-state index is 0.255. The Morgan fingerprint density at radius 3 is 2.87 bits per heavy atom. The minimum atomic E-state index is -0.766. The molecule has 4 nitrogen and oxygen atoms in total. The van der Waals surface area contributed by atoms with Crippen LogP contribution in [0.1, 0.15) is 5.56 Å². The first kappa shape index (κ1) is 8.91. The van der Waals surface area contributed by atoms with Crippen LogP contribution in [-0.4, -0.2) is 23.1 Å². The third-order valence-electron chi connectivity index (χ3n) is 2.51. The first-order valence-corrected chi connectivity index (χ1v) is 5.44. The van der Waals surface area contributed by atoms with Crippen LogP contribution in [0.15, 0.2) is 17.0 Å². The molecule has 1 N–H and O–H groups in total. The molecule has 0 spiro atoms. The van der Waals surface area contributed by atoms with Gasteiger partial charge in [0, 0.05) is 4.90 Å². The largest absolute Gasteiger partial charge is 0.480 e. The number of carboxylic acids is 1. The van der Waals surface area contributed by atoms with Crippen LogP contribution in [-0.2, 0) is 11.2 Å². The monoisotopic (exact) mass is 224 g/mol. The molecule has 0 saturated carbocycles. The van der Waals surface area contributed by atoms with Gasteiger partial charge in [-0.25, -0.2) is 0 Å². The van der Waals surface area contributed by atoms with E-state index < -0.39 is 5.97 Å². The van der Waals surface area contributed by atoms with Gasteiger partial charge in [0.15, 0.2) is 11.5 Å². The molecular weight excluding hydrogens is 216 g/mol. The van der Waals surface area contributed by atoms with Crippen molar-refractivity contribution in [2.24, 2.45) is 0 Å². The Hall–Kier alpha value is -1.36. The van der Waals surface area contributed by atoms with Crippen molar-refractivity contribution in [3.63, 3.8) is 0 Å². The lowest BCUT2D eigenvalue weighted by atomic mass is 10.1. The van der Waals surface area contributed by atoms with Crippen molar-refractivity contribution in [1.82, 2.24) is 0 Å². The first-order valence-electron chi connectivity index (χ1n) is 4.56. The number of hydrogen-bond donors (Lipinski definition) is 1. The van der Waals surface area contributed by atoms with E-state index in [4.69, 9.17) is 14.6 Å². The van der Waals surface area contributed by atoms with Crippen LogP contribution in [0.25, 0.3) is 0 Å². The van der Waals surface area contributed by atoms with Crippen LogP contribution < -0.4 is 9.47 Å². The van der Waals surface area contributed by atoms with E-state index in [1.54, 1.807) is 0 Å². The molecule has 2 aliphatic heterocycles. The zero-order valence-electron chi connectivity index (χ0n) is 7.73. The van der Waals surface area contributed by atoms with Gasteiger partial charge < -0.3 is 14.6 Å². The molecule has 1 unspecified atom stereocenters. The van der Waals surface area contributed by atoms with Gasteiger partial charge in [-0.3, -0.25) is 4.79 Å². The van der Waals surface area contributed by atoms with E-state index in [0.29, 0.717) is 12.2 Å². The summed E-state index contributed by atoms with van der Waals surface area (Å²) in [6.45, 7) is 0.255. The molecule has 1 aromatic carbocycles. The zero-order valence-corrected chi connectivity index (χ0v) is 8.54. The fraction of sp³-hybridized carbons (Fsp3) is 0.300. The molecule has 2 heterocycles. The molecule has 1 aromatic rings. The van der Waals surface area contributed by atoms with Crippen molar-refractivity contribution in [3.8, 4) is 11.5 Å². The third-order valence-corrected chi connectivity index (χ3v) is 3.79. The molecule has 1 atom stereocenters. The van der Waals surface area contributed by atoms with Crippen molar-refractivity contribution in [2.45, 2.75) is 16.6 Å². The van der Waals surface area contributed by atoms with E-state index in [0.717, 1.165) is 16.2 Å². The SMILES string of the molecule is O=C(O)C1Cc2cc3c(cc2S1)OCO3. The normalized spacial score (nSPS) is 21.5. The van der Waals surface area contributed by atoms with Crippen molar-refractivity contribution >= 4 is 17.7 Å². The van der Waals surface area contributed by atoms with Gasteiger partial charge in [-0.1, -0.05) is 0 Å². The molecule has 0 saturated heterocycles. The number of fused-ring (bicyclic) bond motifs is 2. The smallest absolute Gasteiger partial charge is 0.317 e. The van der Waals surface area contributed by atoms with Gasteiger partial charge in [-0.05, 0) is 24.1 Å². The molecular formula is C10H8O4S. The minimum Gasteiger partial charge on any atom is -0.480 e. The van der Waals surface area contributed by atoms with Gasteiger partial charge in [-0.15, -0.1) is 11.8 Å². The zero-order chi connectivity index (χ0) is 10.4. The first-order chi connectivity index (χ1) is 7.24. The standard InChI is InChI=1S/C10H8O4S/c11-10(12)9-2-5-1-6-7(14-4-13-6)3-8(5)15-9/h1,3,9H,2,4H2,(H,11,12). The van der Waals surface area contributed by atoms with E-state index in [9.17, 15) is 4.79 Å². The molecule has 2 aliphatic rings. The highest BCUT2D eigenvalue weighted by atomic mass is 32.2. The Morgan fingerprint density at radius 1 is 1.40 bits per heavy atom. The number of carboxylic acid groups (broad SMARTS) is 1.